The standard InChI is InChI=1S/C16H19N3O3/c1-10-12-8-11(9-17-15(12)22-18-10)16(20)19-6-7-21-14-5-3-2-4-13(14)19/h8-9,13-14H,2-7H2,1H3/t13-,14-/m1/s1. The van der Waals surface area contributed by atoms with Crippen molar-refractivity contribution in [1.29, 1.82) is 0 Å². The Kier molecular flexibility index (Phi) is 3.33. The molecule has 2 fully saturated rings. The molecule has 4 rings (SSSR count). The molecule has 2 aromatic rings. The number of morpholine rings is 1. The average molecular weight is 301 g/mol. The summed E-state index contributed by atoms with van der Waals surface area (Å²) in [4.78, 5) is 19.1. The maximum Gasteiger partial charge on any atom is 0.257 e. The SMILES string of the molecule is Cc1noc2ncc(C(=O)N3CCO[C@@H]4CCCC[C@H]43)cc12. The van der Waals surface area contributed by atoms with Crippen LogP contribution in [0.5, 0.6) is 0 Å². The molecule has 2 atom stereocenters. The summed E-state index contributed by atoms with van der Waals surface area (Å²) in [5, 5.41) is 4.70. The van der Waals surface area contributed by atoms with Crippen molar-refractivity contribution in [3.05, 3.63) is 23.5 Å². The van der Waals surface area contributed by atoms with Crippen LogP contribution < -0.4 is 0 Å². The molecule has 116 valence electrons. The second-order valence-electron chi connectivity index (χ2n) is 6.10. The molecule has 1 aliphatic heterocycles. The van der Waals surface area contributed by atoms with Gasteiger partial charge in [0.05, 0.1) is 35.4 Å². The Morgan fingerprint density at radius 1 is 1.36 bits per heavy atom. The molecule has 6 heteroatoms. The summed E-state index contributed by atoms with van der Waals surface area (Å²) in [6.07, 6.45) is 6.21. The highest BCUT2D eigenvalue weighted by Gasteiger charge is 2.37. The van der Waals surface area contributed by atoms with Crippen molar-refractivity contribution < 1.29 is 14.1 Å². The lowest BCUT2D eigenvalue weighted by Crippen LogP contribution is -2.54. The lowest BCUT2D eigenvalue weighted by atomic mass is 9.90. The third-order valence-corrected chi connectivity index (χ3v) is 4.75. The topological polar surface area (TPSA) is 68.5 Å². The number of pyridine rings is 1. The predicted octanol–water partition coefficient (Wildman–Crippen LogP) is 2.31. The first kappa shape index (κ1) is 13.7. The molecule has 1 saturated heterocycles. The predicted molar refractivity (Wildman–Crippen MR) is 79.6 cm³/mol. The lowest BCUT2D eigenvalue weighted by Gasteiger charge is -2.43. The van der Waals surface area contributed by atoms with E-state index in [0.29, 0.717) is 24.4 Å². The number of carbonyl (C=O) groups excluding carboxylic acids is 1. The summed E-state index contributed by atoms with van der Waals surface area (Å²) in [6.45, 7) is 3.13. The van der Waals surface area contributed by atoms with E-state index in [1.807, 2.05) is 17.9 Å². The normalized spacial score (nSPS) is 25.2. The summed E-state index contributed by atoms with van der Waals surface area (Å²) in [5.41, 5.74) is 1.84. The maximum absolute atomic E-state index is 12.9. The van der Waals surface area contributed by atoms with Crippen molar-refractivity contribution in [2.24, 2.45) is 0 Å². The van der Waals surface area contributed by atoms with Gasteiger partial charge in [0, 0.05) is 12.7 Å². The first-order valence-electron chi connectivity index (χ1n) is 7.88. The van der Waals surface area contributed by atoms with Gasteiger partial charge in [-0.25, -0.2) is 4.98 Å². The van der Waals surface area contributed by atoms with E-state index in [1.165, 1.54) is 6.42 Å². The molecule has 0 N–H and O–H groups in total. The van der Waals surface area contributed by atoms with E-state index in [-0.39, 0.29) is 18.1 Å². The number of nitrogens with zero attached hydrogens (tertiary/aromatic N) is 3. The molecular weight excluding hydrogens is 282 g/mol. The van der Waals surface area contributed by atoms with E-state index < -0.39 is 0 Å². The van der Waals surface area contributed by atoms with Gasteiger partial charge in [-0.2, -0.15) is 0 Å². The third-order valence-electron chi connectivity index (χ3n) is 4.75. The van der Waals surface area contributed by atoms with Gasteiger partial charge in [0.25, 0.3) is 11.6 Å². The highest BCUT2D eigenvalue weighted by Crippen LogP contribution is 2.29. The van der Waals surface area contributed by atoms with Crippen LogP contribution >= 0.6 is 0 Å². The van der Waals surface area contributed by atoms with Crippen LogP contribution in [0, 0.1) is 6.92 Å². The van der Waals surface area contributed by atoms with Crippen molar-refractivity contribution in [2.75, 3.05) is 13.2 Å². The van der Waals surface area contributed by atoms with Gasteiger partial charge in [-0.15, -0.1) is 0 Å². The number of carbonyl (C=O) groups is 1. The number of hydrogen-bond donors (Lipinski definition) is 0. The van der Waals surface area contributed by atoms with Crippen molar-refractivity contribution in [3.8, 4) is 0 Å². The zero-order chi connectivity index (χ0) is 15.1. The molecule has 0 bridgehead atoms. The van der Waals surface area contributed by atoms with Crippen LogP contribution in [-0.2, 0) is 4.74 Å². The van der Waals surface area contributed by atoms with Gasteiger partial charge in [-0.05, 0) is 25.8 Å². The van der Waals surface area contributed by atoms with E-state index in [2.05, 4.69) is 10.1 Å². The van der Waals surface area contributed by atoms with Gasteiger partial charge in [0.2, 0.25) is 0 Å². The highest BCUT2D eigenvalue weighted by molar-refractivity contribution is 5.97. The van der Waals surface area contributed by atoms with Gasteiger partial charge < -0.3 is 14.2 Å². The molecule has 2 aliphatic rings. The number of aromatic nitrogens is 2. The Labute approximate surface area is 128 Å². The molecule has 2 aromatic heterocycles. The van der Waals surface area contributed by atoms with E-state index >= 15 is 0 Å². The van der Waals surface area contributed by atoms with Crippen molar-refractivity contribution in [1.82, 2.24) is 15.0 Å². The number of fused-ring (bicyclic) bond motifs is 2. The number of rotatable bonds is 1. The first-order valence-corrected chi connectivity index (χ1v) is 7.88. The fraction of sp³-hybridized carbons (Fsp3) is 0.562. The number of hydrogen-bond acceptors (Lipinski definition) is 5. The lowest BCUT2D eigenvalue weighted by molar-refractivity contribution is -0.0752. The molecule has 0 unspecified atom stereocenters. The Morgan fingerprint density at radius 3 is 3.14 bits per heavy atom. The number of amides is 1. The number of ether oxygens (including phenoxy) is 1. The third kappa shape index (κ3) is 2.18. The minimum absolute atomic E-state index is 0.0372. The summed E-state index contributed by atoms with van der Waals surface area (Å²) in [6, 6.07) is 2.04. The Bertz CT molecular complexity index is 710. The van der Waals surface area contributed by atoms with Crippen molar-refractivity contribution >= 4 is 17.0 Å². The summed E-state index contributed by atoms with van der Waals surface area (Å²) in [5.74, 6) is 0.0372. The fourth-order valence-electron chi connectivity index (χ4n) is 3.58. The highest BCUT2D eigenvalue weighted by atomic mass is 16.5. The van der Waals surface area contributed by atoms with Crippen LogP contribution in [-0.4, -0.2) is 46.2 Å². The molecule has 1 aliphatic carbocycles. The van der Waals surface area contributed by atoms with Gasteiger partial charge in [-0.3, -0.25) is 4.79 Å². The number of aryl methyl sites for hydroxylation is 1. The molecule has 0 radical (unpaired) electrons. The minimum Gasteiger partial charge on any atom is -0.374 e. The van der Waals surface area contributed by atoms with E-state index in [4.69, 9.17) is 9.26 Å². The molecule has 0 aromatic carbocycles. The Hall–Kier alpha value is -1.95. The Morgan fingerprint density at radius 2 is 2.23 bits per heavy atom. The summed E-state index contributed by atoms with van der Waals surface area (Å²) >= 11 is 0. The average Bonchev–Trinajstić information content (AvgIpc) is 2.94. The van der Waals surface area contributed by atoms with E-state index in [9.17, 15) is 4.79 Å². The van der Waals surface area contributed by atoms with Gasteiger partial charge >= 0.3 is 0 Å². The van der Waals surface area contributed by atoms with Crippen LogP contribution in [0.2, 0.25) is 0 Å². The zero-order valence-electron chi connectivity index (χ0n) is 12.6. The first-order chi connectivity index (χ1) is 10.7. The molecule has 1 saturated carbocycles. The van der Waals surface area contributed by atoms with Crippen LogP contribution in [0.3, 0.4) is 0 Å². The van der Waals surface area contributed by atoms with Crippen LogP contribution in [0.1, 0.15) is 41.7 Å². The zero-order valence-corrected chi connectivity index (χ0v) is 12.6. The second kappa shape index (κ2) is 5.35. The quantitative estimate of drug-likeness (QED) is 0.808. The minimum atomic E-state index is 0.0372. The van der Waals surface area contributed by atoms with E-state index in [1.54, 1.807) is 6.20 Å². The monoisotopic (exact) mass is 301 g/mol. The molecule has 22 heavy (non-hydrogen) atoms. The Balaban J connectivity index is 1.65. The second-order valence-corrected chi connectivity index (χ2v) is 6.10. The maximum atomic E-state index is 12.9. The molecule has 0 spiro atoms. The van der Waals surface area contributed by atoms with E-state index in [0.717, 1.165) is 30.3 Å². The largest absolute Gasteiger partial charge is 0.374 e. The van der Waals surface area contributed by atoms with Gasteiger partial charge in [0.15, 0.2) is 0 Å². The van der Waals surface area contributed by atoms with Crippen LogP contribution in [0.15, 0.2) is 16.8 Å². The summed E-state index contributed by atoms with van der Waals surface area (Å²) < 4.78 is 10.9. The molecular formula is C16H19N3O3. The van der Waals surface area contributed by atoms with Crippen LogP contribution in [0.4, 0.5) is 0 Å². The molecule has 3 heterocycles. The summed E-state index contributed by atoms with van der Waals surface area (Å²) in [7, 11) is 0. The van der Waals surface area contributed by atoms with Gasteiger partial charge in [-0.1, -0.05) is 18.0 Å². The molecule has 6 nitrogen and oxygen atoms in total. The van der Waals surface area contributed by atoms with Gasteiger partial charge in [0.1, 0.15) is 0 Å². The molecule has 1 amide bonds. The van der Waals surface area contributed by atoms with Crippen molar-refractivity contribution in [3.63, 3.8) is 0 Å². The van der Waals surface area contributed by atoms with Crippen molar-refractivity contribution in [2.45, 2.75) is 44.8 Å². The smallest absolute Gasteiger partial charge is 0.257 e. The fourth-order valence-corrected chi connectivity index (χ4v) is 3.58. The van der Waals surface area contributed by atoms with Crippen LogP contribution in [0.25, 0.3) is 11.1 Å².